The number of hydrogen-bond acceptors (Lipinski definition) is 7. The van der Waals surface area contributed by atoms with Crippen molar-refractivity contribution >= 4 is 17.7 Å². The van der Waals surface area contributed by atoms with Gasteiger partial charge < -0.3 is 20.5 Å². The van der Waals surface area contributed by atoms with Crippen molar-refractivity contribution in [3.63, 3.8) is 0 Å². The molecular weight excluding hydrogens is 310 g/mol. The number of anilines is 2. The van der Waals surface area contributed by atoms with Crippen LogP contribution in [-0.2, 0) is 0 Å². The molecule has 0 atom stereocenters. The Morgan fingerprint density at radius 1 is 1.21 bits per heavy atom. The molecule has 3 rings (SSSR count). The number of aryl methyl sites for hydroxylation is 1. The highest BCUT2D eigenvalue weighted by molar-refractivity contribution is 6.00. The number of nitrogens with zero attached hydrogens (tertiary/aromatic N) is 3. The maximum Gasteiger partial charge on any atom is 0.300 e. The molecule has 8 heteroatoms. The number of aromatic hydroxyl groups is 1. The minimum atomic E-state index is -0.231. The topological polar surface area (TPSA) is 130 Å². The zero-order chi connectivity index (χ0) is 17.1. The number of oxazole rings is 1. The molecule has 24 heavy (non-hydrogen) atoms. The number of rotatable bonds is 4. The average molecular weight is 325 g/mol. The third-order valence-corrected chi connectivity index (χ3v) is 3.34. The lowest BCUT2D eigenvalue weighted by Gasteiger charge is -2.05. The van der Waals surface area contributed by atoms with E-state index in [4.69, 9.17) is 15.4 Å². The summed E-state index contributed by atoms with van der Waals surface area (Å²) in [6.07, 6.45) is 2.78. The molecule has 0 fully saturated rings. The van der Waals surface area contributed by atoms with Crippen molar-refractivity contribution in [2.45, 2.75) is 6.92 Å². The standard InChI is InChI=1S/C16H15N5O3/c1-9-2-4-10(5-3-9)13-8-19-16(24-13)20-14-6-11(15(17)21-23)12(22)7-18-14/h2-8,22-23H,1H3,(H2,17,21)(H,18,19,20). The van der Waals surface area contributed by atoms with Gasteiger partial charge in [-0.05, 0) is 13.0 Å². The van der Waals surface area contributed by atoms with Crippen molar-refractivity contribution in [1.82, 2.24) is 9.97 Å². The first-order valence-corrected chi connectivity index (χ1v) is 7.03. The summed E-state index contributed by atoms with van der Waals surface area (Å²) in [5, 5.41) is 24.1. The van der Waals surface area contributed by atoms with Crippen LogP contribution in [0.1, 0.15) is 11.1 Å². The Balaban J connectivity index is 1.83. The van der Waals surface area contributed by atoms with Gasteiger partial charge in [0.1, 0.15) is 11.6 Å². The highest BCUT2D eigenvalue weighted by atomic mass is 16.4. The first-order chi connectivity index (χ1) is 11.6. The number of nitrogens with one attached hydrogen (secondary N) is 1. The van der Waals surface area contributed by atoms with Gasteiger partial charge in [0.2, 0.25) is 0 Å². The van der Waals surface area contributed by atoms with Crippen molar-refractivity contribution in [1.29, 1.82) is 0 Å². The van der Waals surface area contributed by atoms with Crippen LogP contribution in [0.2, 0.25) is 0 Å². The first kappa shape index (κ1) is 15.3. The van der Waals surface area contributed by atoms with E-state index in [9.17, 15) is 5.11 Å². The molecule has 0 unspecified atom stereocenters. The van der Waals surface area contributed by atoms with E-state index in [1.54, 1.807) is 6.20 Å². The van der Waals surface area contributed by atoms with Crippen LogP contribution in [0.5, 0.6) is 5.75 Å². The average Bonchev–Trinajstić information content (AvgIpc) is 3.05. The maximum atomic E-state index is 9.68. The highest BCUT2D eigenvalue weighted by Crippen LogP contribution is 2.25. The van der Waals surface area contributed by atoms with Gasteiger partial charge in [0.25, 0.3) is 0 Å². The molecule has 122 valence electrons. The minimum Gasteiger partial charge on any atom is -0.506 e. The molecule has 0 aliphatic rings. The molecule has 0 aliphatic heterocycles. The summed E-state index contributed by atoms with van der Waals surface area (Å²) in [5.41, 5.74) is 7.69. The summed E-state index contributed by atoms with van der Waals surface area (Å²) >= 11 is 0. The van der Waals surface area contributed by atoms with E-state index in [0.29, 0.717) is 11.6 Å². The van der Waals surface area contributed by atoms with E-state index >= 15 is 0 Å². The van der Waals surface area contributed by atoms with E-state index in [0.717, 1.165) is 11.1 Å². The van der Waals surface area contributed by atoms with E-state index in [-0.39, 0.29) is 23.2 Å². The van der Waals surface area contributed by atoms with Gasteiger partial charge in [-0.2, -0.15) is 0 Å². The van der Waals surface area contributed by atoms with Gasteiger partial charge in [0, 0.05) is 5.56 Å². The lowest BCUT2D eigenvalue weighted by atomic mass is 10.1. The Hall–Kier alpha value is -3.55. The van der Waals surface area contributed by atoms with Crippen molar-refractivity contribution in [3.05, 3.63) is 53.9 Å². The second-order valence-corrected chi connectivity index (χ2v) is 5.09. The van der Waals surface area contributed by atoms with E-state index in [2.05, 4.69) is 20.4 Å². The molecule has 5 N–H and O–H groups in total. The lowest BCUT2D eigenvalue weighted by Crippen LogP contribution is -2.13. The molecule has 3 aromatic rings. The second kappa shape index (κ2) is 6.29. The van der Waals surface area contributed by atoms with E-state index < -0.39 is 0 Å². The fourth-order valence-corrected chi connectivity index (χ4v) is 2.07. The van der Waals surface area contributed by atoms with Crippen LogP contribution >= 0.6 is 0 Å². The number of benzene rings is 1. The van der Waals surface area contributed by atoms with Crippen molar-refractivity contribution in [2.75, 3.05) is 5.32 Å². The van der Waals surface area contributed by atoms with Crippen LogP contribution < -0.4 is 11.1 Å². The van der Waals surface area contributed by atoms with Gasteiger partial charge >= 0.3 is 6.01 Å². The molecule has 0 saturated heterocycles. The van der Waals surface area contributed by atoms with Crippen LogP contribution in [0.4, 0.5) is 11.8 Å². The maximum absolute atomic E-state index is 9.68. The third kappa shape index (κ3) is 3.12. The highest BCUT2D eigenvalue weighted by Gasteiger charge is 2.11. The molecule has 0 spiro atoms. The van der Waals surface area contributed by atoms with Crippen LogP contribution in [0, 0.1) is 6.92 Å². The summed E-state index contributed by atoms with van der Waals surface area (Å²) in [4.78, 5) is 8.13. The van der Waals surface area contributed by atoms with Crippen molar-refractivity contribution in [2.24, 2.45) is 10.9 Å². The Bertz CT molecular complexity index is 887. The zero-order valence-electron chi connectivity index (χ0n) is 12.8. The summed E-state index contributed by atoms with van der Waals surface area (Å²) in [6, 6.07) is 9.49. The number of aromatic nitrogens is 2. The predicted octanol–water partition coefficient (Wildman–Crippen LogP) is 2.59. The third-order valence-electron chi connectivity index (χ3n) is 3.34. The molecule has 0 amide bonds. The Morgan fingerprint density at radius 2 is 1.96 bits per heavy atom. The Kier molecular flexibility index (Phi) is 4.02. The lowest BCUT2D eigenvalue weighted by molar-refractivity contribution is 0.318. The van der Waals surface area contributed by atoms with Gasteiger partial charge in [-0.1, -0.05) is 35.0 Å². The van der Waals surface area contributed by atoms with Gasteiger partial charge in [0.15, 0.2) is 11.6 Å². The summed E-state index contributed by atoms with van der Waals surface area (Å²) in [5.74, 6) is 0.494. The number of pyridine rings is 1. The van der Waals surface area contributed by atoms with Crippen LogP contribution in [0.3, 0.4) is 0 Å². The molecule has 0 bridgehead atoms. The largest absolute Gasteiger partial charge is 0.506 e. The van der Waals surface area contributed by atoms with Gasteiger partial charge in [-0.3, -0.25) is 5.32 Å². The van der Waals surface area contributed by atoms with Gasteiger partial charge in [-0.25, -0.2) is 9.97 Å². The second-order valence-electron chi connectivity index (χ2n) is 5.09. The molecule has 0 aliphatic carbocycles. The van der Waals surface area contributed by atoms with Crippen molar-refractivity contribution in [3.8, 4) is 17.1 Å². The molecular formula is C16H15N5O3. The fourth-order valence-electron chi connectivity index (χ4n) is 2.07. The summed E-state index contributed by atoms with van der Waals surface area (Å²) in [7, 11) is 0. The fraction of sp³-hybridized carbons (Fsp3) is 0.0625. The molecule has 1 aromatic carbocycles. The summed E-state index contributed by atoms with van der Waals surface area (Å²) < 4.78 is 5.63. The smallest absolute Gasteiger partial charge is 0.300 e. The Morgan fingerprint density at radius 3 is 2.67 bits per heavy atom. The van der Waals surface area contributed by atoms with Crippen LogP contribution in [0.25, 0.3) is 11.3 Å². The van der Waals surface area contributed by atoms with Gasteiger partial charge in [-0.15, -0.1) is 0 Å². The number of oxime groups is 1. The first-order valence-electron chi connectivity index (χ1n) is 7.03. The molecule has 2 heterocycles. The quantitative estimate of drug-likeness (QED) is 0.251. The molecule has 2 aromatic heterocycles. The van der Waals surface area contributed by atoms with E-state index in [1.807, 2.05) is 31.2 Å². The molecule has 0 radical (unpaired) electrons. The SMILES string of the molecule is Cc1ccc(-c2cnc(Nc3cc(C(N)=NO)c(O)cn3)o2)cc1. The summed E-state index contributed by atoms with van der Waals surface area (Å²) in [6.45, 7) is 2.01. The molecule has 8 nitrogen and oxygen atoms in total. The van der Waals surface area contributed by atoms with E-state index in [1.165, 1.54) is 12.3 Å². The van der Waals surface area contributed by atoms with Crippen LogP contribution in [-0.4, -0.2) is 26.1 Å². The van der Waals surface area contributed by atoms with Crippen LogP contribution in [0.15, 0.2) is 52.3 Å². The normalized spacial score (nSPS) is 11.5. The zero-order valence-corrected chi connectivity index (χ0v) is 12.8. The van der Waals surface area contributed by atoms with Crippen molar-refractivity contribution < 1.29 is 14.7 Å². The number of amidine groups is 1. The minimum absolute atomic E-state index is 0.139. The Labute approximate surface area is 137 Å². The number of nitrogens with two attached hydrogens (primary N) is 1. The monoisotopic (exact) mass is 325 g/mol. The number of hydrogen-bond donors (Lipinski definition) is 4. The van der Waals surface area contributed by atoms with Gasteiger partial charge in [0.05, 0.1) is 18.0 Å². The molecule has 0 saturated carbocycles. The predicted molar refractivity (Wildman–Crippen MR) is 88.4 cm³/mol.